The Morgan fingerprint density at radius 2 is 2.04 bits per heavy atom. The SMILES string of the molecule is Cc1nc(C(=O)Nc2sc(S(=O)(=O)N3CCOCC3)cc2C(N)=O)cs1. The first-order valence-corrected chi connectivity index (χ1v) is 10.7. The molecule has 9 nitrogen and oxygen atoms in total. The average molecular weight is 417 g/mol. The maximum absolute atomic E-state index is 12.7. The number of carbonyl (C=O) groups excluding carboxylic acids is 2. The van der Waals surface area contributed by atoms with Crippen LogP contribution in [0.5, 0.6) is 0 Å². The van der Waals surface area contributed by atoms with Gasteiger partial charge in [-0.15, -0.1) is 22.7 Å². The van der Waals surface area contributed by atoms with Gasteiger partial charge in [-0.25, -0.2) is 13.4 Å². The molecule has 3 heterocycles. The summed E-state index contributed by atoms with van der Waals surface area (Å²) in [5.41, 5.74) is 5.48. The van der Waals surface area contributed by atoms with Gasteiger partial charge in [-0.3, -0.25) is 9.59 Å². The standard InChI is InChI=1S/C14H16N4O5S3/c1-8-16-10(7-24-8)13(20)17-14-9(12(15)19)6-11(25-14)26(21,22)18-2-4-23-5-3-18/h6-7H,2-5H2,1H3,(H2,15,19)(H,17,20). The first-order chi connectivity index (χ1) is 12.3. The number of thiophene rings is 1. The van der Waals surface area contributed by atoms with E-state index in [9.17, 15) is 18.0 Å². The van der Waals surface area contributed by atoms with Crippen molar-refractivity contribution in [3.05, 3.63) is 27.7 Å². The molecule has 26 heavy (non-hydrogen) atoms. The van der Waals surface area contributed by atoms with E-state index in [-0.39, 0.29) is 33.6 Å². The summed E-state index contributed by atoms with van der Waals surface area (Å²) in [6, 6.07) is 1.19. The zero-order valence-corrected chi connectivity index (χ0v) is 16.2. The first kappa shape index (κ1) is 18.9. The third-order valence-electron chi connectivity index (χ3n) is 3.62. The Bertz CT molecular complexity index is 944. The van der Waals surface area contributed by atoms with Gasteiger partial charge in [-0.2, -0.15) is 4.31 Å². The van der Waals surface area contributed by atoms with E-state index in [1.807, 2.05) is 0 Å². The molecule has 1 aliphatic heterocycles. The highest BCUT2D eigenvalue weighted by molar-refractivity contribution is 7.91. The number of sulfonamides is 1. The molecule has 0 saturated carbocycles. The molecule has 1 saturated heterocycles. The van der Waals surface area contributed by atoms with Gasteiger partial charge in [0.15, 0.2) is 0 Å². The zero-order valence-electron chi connectivity index (χ0n) is 13.7. The summed E-state index contributed by atoms with van der Waals surface area (Å²) in [5.74, 6) is -1.36. The minimum absolute atomic E-state index is 0.0536. The van der Waals surface area contributed by atoms with Crippen LogP contribution in [0.15, 0.2) is 15.7 Å². The summed E-state index contributed by atoms with van der Waals surface area (Å²) in [6.45, 7) is 2.83. The first-order valence-electron chi connectivity index (χ1n) is 7.54. The van der Waals surface area contributed by atoms with Crippen molar-refractivity contribution in [1.82, 2.24) is 9.29 Å². The van der Waals surface area contributed by atoms with Crippen molar-refractivity contribution in [2.75, 3.05) is 31.6 Å². The van der Waals surface area contributed by atoms with Crippen LogP contribution in [-0.2, 0) is 14.8 Å². The topological polar surface area (TPSA) is 132 Å². The molecule has 0 aromatic carbocycles. The Hall–Kier alpha value is -1.86. The molecule has 2 aromatic heterocycles. The number of amides is 2. The number of anilines is 1. The number of aromatic nitrogens is 1. The number of nitrogens with two attached hydrogens (primary N) is 1. The van der Waals surface area contributed by atoms with Crippen molar-refractivity contribution in [2.45, 2.75) is 11.1 Å². The van der Waals surface area contributed by atoms with Gasteiger partial charge < -0.3 is 15.8 Å². The molecule has 140 valence electrons. The van der Waals surface area contributed by atoms with Crippen molar-refractivity contribution in [3.8, 4) is 0 Å². The predicted octanol–water partition coefficient (Wildman–Crippen LogP) is 0.885. The Morgan fingerprint density at radius 3 is 2.62 bits per heavy atom. The number of hydrogen-bond acceptors (Lipinski definition) is 8. The van der Waals surface area contributed by atoms with Crippen LogP contribution in [0, 0.1) is 6.92 Å². The van der Waals surface area contributed by atoms with E-state index in [0.717, 1.165) is 11.3 Å². The average Bonchev–Trinajstić information content (AvgIpc) is 3.22. The third-order valence-corrected chi connectivity index (χ3v) is 7.79. The predicted molar refractivity (Wildman–Crippen MR) is 97.2 cm³/mol. The molecular weight excluding hydrogens is 400 g/mol. The molecule has 3 rings (SSSR count). The van der Waals surface area contributed by atoms with Crippen molar-refractivity contribution in [1.29, 1.82) is 0 Å². The van der Waals surface area contributed by atoms with E-state index in [4.69, 9.17) is 10.5 Å². The fraction of sp³-hybridized carbons (Fsp3) is 0.357. The van der Waals surface area contributed by atoms with Gasteiger partial charge in [0.25, 0.3) is 21.8 Å². The molecule has 0 aliphatic carbocycles. The van der Waals surface area contributed by atoms with E-state index in [1.165, 1.54) is 21.7 Å². The molecule has 0 atom stereocenters. The molecule has 2 amide bonds. The molecule has 1 aliphatic rings. The Labute approximate surface area is 157 Å². The highest BCUT2D eigenvalue weighted by Gasteiger charge is 2.30. The van der Waals surface area contributed by atoms with Gasteiger partial charge in [0, 0.05) is 18.5 Å². The number of carbonyl (C=O) groups is 2. The number of thiazole rings is 1. The molecule has 0 radical (unpaired) electrons. The molecule has 0 spiro atoms. The van der Waals surface area contributed by atoms with Crippen LogP contribution in [-0.4, -0.2) is 55.8 Å². The number of primary amides is 1. The lowest BCUT2D eigenvalue weighted by Gasteiger charge is -2.25. The van der Waals surface area contributed by atoms with Crippen LogP contribution in [0.4, 0.5) is 5.00 Å². The van der Waals surface area contributed by atoms with Crippen LogP contribution >= 0.6 is 22.7 Å². The van der Waals surface area contributed by atoms with Crippen LogP contribution < -0.4 is 11.1 Å². The summed E-state index contributed by atoms with van der Waals surface area (Å²) in [6.07, 6.45) is 0. The minimum atomic E-state index is -3.79. The number of rotatable bonds is 5. The van der Waals surface area contributed by atoms with Crippen molar-refractivity contribution in [3.63, 3.8) is 0 Å². The second-order valence-corrected chi connectivity index (χ2v) is 9.67. The lowest BCUT2D eigenvalue weighted by atomic mass is 10.3. The Balaban J connectivity index is 1.91. The molecular formula is C14H16N4O5S3. The number of nitrogens with zero attached hydrogens (tertiary/aromatic N) is 2. The lowest BCUT2D eigenvalue weighted by molar-refractivity contribution is 0.0731. The number of nitrogens with one attached hydrogen (secondary N) is 1. The van der Waals surface area contributed by atoms with Gasteiger partial charge >= 0.3 is 0 Å². The maximum Gasteiger partial charge on any atom is 0.275 e. The quantitative estimate of drug-likeness (QED) is 0.744. The molecule has 0 unspecified atom stereocenters. The van der Waals surface area contributed by atoms with Gasteiger partial charge in [0.05, 0.1) is 23.8 Å². The molecule has 12 heteroatoms. The smallest absolute Gasteiger partial charge is 0.275 e. The second kappa shape index (κ2) is 7.40. The Morgan fingerprint density at radius 1 is 1.35 bits per heavy atom. The molecule has 0 bridgehead atoms. The second-order valence-electron chi connectivity index (χ2n) is 5.39. The van der Waals surface area contributed by atoms with E-state index in [0.29, 0.717) is 18.2 Å². The van der Waals surface area contributed by atoms with Crippen LogP contribution in [0.1, 0.15) is 25.9 Å². The Kier molecular flexibility index (Phi) is 5.39. The fourth-order valence-electron chi connectivity index (χ4n) is 2.32. The summed E-state index contributed by atoms with van der Waals surface area (Å²) in [7, 11) is -3.79. The van der Waals surface area contributed by atoms with Crippen LogP contribution in [0.25, 0.3) is 0 Å². The summed E-state index contributed by atoms with van der Waals surface area (Å²) < 4.78 is 31.9. The third kappa shape index (κ3) is 3.78. The molecule has 1 fully saturated rings. The van der Waals surface area contributed by atoms with Crippen molar-refractivity contribution >= 4 is 49.5 Å². The van der Waals surface area contributed by atoms with E-state index < -0.39 is 21.8 Å². The highest BCUT2D eigenvalue weighted by atomic mass is 32.2. The monoisotopic (exact) mass is 416 g/mol. The van der Waals surface area contributed by atoms with Gasteiger partial charge in [-0.05, 0) is 13.0 Å². The number of aryl methyl sites for hydroxylation is 1. The molecule has 3 N–H and O–H groups in total. The zero-order chi connectivity index (χ0) is 18.9. The lowest BCUT2D eigenvalue weighted by Crippen LogP contribution is -2.40. The largest absolute Gasteiger partial charge is 0.379 e. The van der Waals surface area contributed by atoms with Crippen LogP contribution in [0.3, 0.4) is 0 Å². The van der Waals surface area contributed by atoms with Crippen molar-refractivity contribution in [2.24, 2.45) is 5.73 Å². The maximum atomic E-state index is 12.7. The summed E-state index contributed by atoms with van der Waals surface area (Å²) >= 11 is 2.10. The highest BCUT2D eigenvalue weighted by Crippen LogP contribution is 2.33. The van der Waals surface area contributed by atoms with Crippen molar-refractivity contribution < 1.29 is 22.7 Å². The number of morpholine rings is 1. The van der Waals surface area contributed by atoms with Gasteiger partial charge in [0.1, 0.15) is 14.9 Å². The minimum Gasteiger partial charge on any atom is -0.379 e. The van der Waals surface area contributed by atoms with Crippen LogP contribution in [0.2, 0.25) is 0 Å². The number of ether oxygens (including phenoxy) is 1. The fourth-order valence-corrected chi connectivity index (χ4v) is 5.84. The number of hydrogen-bond donors (Lipinski definition) is 2. The van der Waals surface area contributed by atoms with Gasteiger partial charge in [0.2, 0.25) is 0 Å². The molecule has 2 aromatic rings. The van der Waals surface area contributed by atoms with E-state index in [2.05, 4.69) is 10.3 Å². The summed E-state index contributed by atoms with van der Waals surface area (Å²) in [4.78, 5) is 28.0. The van der Waals surface area contributed by atoms with E-state index >= 15 is 0 Å². The van der Waals surface area contributed by atoms with Gasteiger partial charge in [-0.1, -0.05) is 0 Å². The van der Waals surface area contributed by atoms with E-state index in [1.54, 1.807) is 12.3 Å². The summed E-state index contributed by atoms with van der Waals surface area (Å²) in [5, 5.41) is 4.91. The normalized spacial score (nSPS) is 15.7.